The number of hydrogen-bond acceptors (Lipinski definition) is 1. The lowest BCUT2D eigenvalue weighted by atomic mass is 10.1. The lowest BCUT2D eigenvalue weighted by Crippen LogP contribution is -2.34. The number of ether oxygens (including phenoxy) is 1. The van der Waals surface area contributed by atoms with Crippen LogP contribution in [0, 0.1) is 0 Å². The summed E-state index contributed by atoms with van der Waals surface area (Å²) in [6, 6.07) is 51.7. The molecule has 0 unspecified atom stereocenters. The molecule has 0 saturated carbocycles. The van der Waals surface area contributed by atoms with Crippen LogP contribution in [0.4, 0.5) is 0 Å². The van der Waals surface area contributed by atoms with Crippen molar-refractivity contribution in [3.8, 4) is 11.5 Å². The van der Waals surface area contributed by atoms with Gasteiger partial charge in [-0.25, -0.2) is 0 Å². The predicted molar refractivity (Wildman–Crippen MR) is 147 cm³/mol. The summed E-state index contributed by atoms with van der Waals surface area (Å²) < 4.78 is 6.11. The van der Waals surface area contributed by atoms with Gasteiger partial charge in [-0.2, -0.15) is 0 Å². The molecular weight excluding hydrogens is 431 g/mol. The fourth-order valence-corrected chi connectivity index (χ4v) is 8.87. The Morgan fingerprint density at radius 1 is 0.441 bits per heavy atom. The Balaban J connectivity index is 1.53. The molecule has 166 valence electrons. The SMILES string of the molecule is c1ccc(Oc2cccc(CC[P+](c3ccccc3)(c3ccccc3)c3ccccc3)c2)cc1. The van der Waals surface area contributed by atoms with Crippen molar-refractivity contribution in [3.05, 3.63) is 151 Å². The van der Waals surface area contributed by atoms with Gasteiger partial charge in [0.15, 0.2) is 0 Å². The van der Waals surface area contributed by atoms with E-state index in [4.69, 9.17) is 4.74 Å². The molecular formula is C32H28OP+. The van der Waals surface area contributed by atoms with E-state index in [1.165, 1.54) is 21.5 Å². The average molecular weight is 460 g/mol. The first-order valence-corrected chi connectivity index (χ1v) is 13.7. The van der Waals surface area contributed by atoms with Crippen LogP contribution < -0.4 is 20.7 Å². The number of rotatable bonds is 8. The van der Waals surface area contributed by atoms with Crippen molar-refractivity contribution in [2.45, 2.75) is 6.42 Å². The van der Waals surface area contributed by atoms with Gasteiger partial charge in [0, 0.05) is 6.42 Å². The molecule has 5 aromatic rings. The minimum absolute atomic E-state index is 0.861. The minimum atomic E-state index is -1.84. The van der Waals surface area contributed by atoms with E-state index in [0.29, 0.717) is 0 Å². The van der Waals surface area contributed by atoms with Crippen LogP contribution in [-0.4, -0.2) is 6.16 Å². The molecule has 0 heterocycles. The van der Waals surface area contributed by atoms with E-state index in [1.807, 2.05) is 36.4 Å². The average Bonchev–Trinajstić information content (AvgIpc) is 2.92. The lowest BCUT2D eigenvalue weighted by Gasteiger charge is -2.27. The minimum Gasteiger partial charge on any atom is -0.457 e. The van der Waals surface area contributed by atoms with Gasteiger partial charge in [0.1, 0.15) is 34.7 Å². The first-order valence-electron chi connectivity index (χ1n) is 11.7. The Hall–Kier alpha value is -3.67. The van der Waals surface area contributed by atoms with Crippen LogP contribution in [0.2, 0.25) is 0 Å². The largest absolute Gasteiger partial charge is 0.457 e. The molecule has 0 aliphatic carbocycles. The highest BCUT2D eigenvalue weighted by Crippen LogP contribution is 2.55. The molecule has 0 aliphatic heterocycles. The van der Waals surface area contributed by atoms with E-state index >= 15 is 0 Å². The van der Waals surface area contributed by atoms with Gasteiger partial charge in [-0.15, -0.1) is 0 Å². The van der Waals surface area contributed by atoms with Crippen LogP contribution in [0.1, 0.15) is 5.56 Å². The van der Waals surface area contributed by atoms with Crippen LogP contribution in [-0.2, 0) is 6.42 Å². The maximum atomic E-state index is 6.11. The third kappa shape index (κ3) is 4.81. The normalized spacial score (nSPS) is 11.2. The van der Waals surface area contributed by atoms with Crippen molar-refractivity contribution in [1.29, 1.82) is 0 Å². The topological polar surface area (TPSA) is 9.23 Å². The van der Waals surface area contributed by atoms with Crippen LogP contribution >= 0.6 is 7.26 Å². The number of para-hydroxylation sites is 1. The first-order chi connectivity index (χ1) is 16.8. The smallest absolute Gasteiger partial charge is 0.127 e. The highest BCUT2D eigenvalue weighted by atomic mass is 31.2. The summed E-state index contributed by atoms with van der Waals surface area (Å²) in [5.74, 6) is 1.74. The van der Waals surface area contributed by atoms with Crippen LogP contribution in [0.15, 0.2) is 146 Å². The highest BCUT2D eigenvalue weighted by Gasteiger charge is 2.44. The van der Waals surface area contributed by atoms with Gasteiger partial charge in [-0.1, -0.05) is 84.9 Å². The van der Waals surface area contributed by atoms with Crippen molar-refractivity contribution in [2.24, 2.45) is 0 Å². The van der Waals surface area contributed by atoms with Crippen molar-refractivity contribution >= 4 is 23.2 Å². The zero-order valence-corrected chi connectivity index (χ0v) is 20.0. The van der Waals surface area contributed by atoms with Crippen molar-refractivity contribution in [1.82, 2.24) is 0 Å². The van der Waals surface area contributed by atoms with Crippen molar-refractivity contribution < 1.29 is 4.74 Å². The van der Waals surface area contributed by atoms with Crippen molar-refractivity contribution in [3.63, 3.8) is 0 Å². The van der Waals surface area contributed by atoms with E-state index in [0.717, 1.165) is 24.1 Å². The molecule has 0 spiro atoms. The molecule has 0 amide bonds. The van der Waals surface area contributed by atoms with Gasteiger partial charge in [-0.3, -0.25) is 0 Å². The molecule has 1 nitrogen and oxygen atoms in total. The standard InChI is InChI=1S/C32H28OP/c1-5-15-28(16-6-1)33-29-17-13-14-27(26-29)24-25-34(30-18-7-2-8-19-30,31-20-9-3-10-21-31)32-22-11-4-12-23-32/h1-23,26H,24-25H2/q+1. The molecule has 5 aromatic carbocycles. The van der Waals surface area contributed by atoms with E-state index in [1.54, 1.807) is 0 Å². The Labute approximate surface area is 203 Å². The van der Waals surface area contributed by atoms with Gasteiger partial charge in [0.2, 0.25) is 0 Å². The third-order valence-corrected chi connectivity index (χ3v) is 10.6. The number of aryl methyl sites for hydroxylation is 1. The molecule has 0 aromatic heterocycles. The van der Waals surface area contributed by atoms with Crippen LogP contribution in [0.3, 0.4) is 0 Å². The second kappa shape index (κ2) is 10.5. The van der Waals surface area contributed by atoms with Gasteiger partial charge in [-0.05, 0) is 66.2 Å². The number of benzene rings is 5. The van der Waals surface area contributed by atoms with E-state index in [2.05, 4.69) is 109 Å². The molecule has 34 heavy (non-hydrogen) atoms. The first kappa shape index (κ1) is 22.1. The quantitative estimate of drug-likeness (QED) is 0.227. The summed E-state index contributed by atoms with van der Waals surface area (Å²) in [4.78, 5) is 0. The second-order valence-electron chi connectivity index (χ2n) is 8.35. The maximum Gasteiger partial charge on any atom is 0.127 e. The fourth-order valence-electron chi connectivity index (χ4n) is 4.57. The molecule has 0 aliphatic rings. The summed E-state index contributed by atoms with van der Waals surface area (Å²) in [6.07, 6.45) is 2.03. The monoisotopic (exact) mass is 459 g/mol. The summed E-state index contributed by atoms with van der Waals surface area (Å²) in [5.41, 5.74) is 1.29. The summed E-state index contributed by atoms with van der Waals surface area (Å²) in [6.45, 7) is 0. The van der Waals surface area contributed by atoms with Crippen molar-refractivity contribution in [2.75, 3.05) is 6.16 Å². The molecule has 2 heteroatoms. The summed E-state index contributed by atoms with van der Waals surface area (Å²) >= 11 is 0. The number of hydrogen-bond donors (Lipinski definition) is 0. The highest BCUT2D eigenvalue weighted by molar-refractivity contribution is 7.95. The molecule has 0 atom stereocenters. The van der Waals surface area contributed by atoms with Gasteiger partial charge in [0.05, 0.1) is 6.16 Å². The summed E-state index contributed by atoms with van der Waals surface area (Å²) in [5, 5.41) is 4.26. The lowest BCUT2D eigenvalue weighted by molar-refractivity contribution is 0.482. The maximum absolute atomic E-state index is 6.11. The van der Waals surface area contributed by atoms with Gasteiger partial charge in [0.25, 0.3) is 0 Å². The summed E-state index contributed by atoms with van der Waals surface area (Å²) in [7, 11) is -1.84. The molecule has 0 radical (unpaired) electrons. The van der Waals surface area contributed by atoms with E-state index in [9.17, 15) is 0 Å². The fraction of sp³-hybridized carbons (Fsp3) is 0.0625. The Kier molecular flexibility index (Phi) is 6.84. The predicted octanol–water partition coefficient (Wildman–Crippen LogP) is 7.02. The van der Waals surface area contributed by atoms with Crippen LogP contribution in [0.25, 0.3) is 0 Å². The second-order valence-corrected chi connectivity index (χ2v) is 12.0. The molecule has 0 N–H and O–H groups in total. The van der Waals surface area contributed by atoms with Gasteiger partial charge >= 0.3 is 0 Å². The molecule has 0 fully saturated rings. The Morgan fingerprint density at radius 2 is 0.882 bits per heavy atom. The van der Waals surface area contributed by atoms with Crippen LogP contribution in [0.5, 0.6) is 11.5 Å². The molecule has 0 saturated heterocycles. The Morgan fingerprint density at radius 3 is 1.38 bits per heavy atom. The molecule has 0 bridgehead atoms. The van der Waals surface area contributed by atoms with E-state index < -0.39 is 7.26 Å². The third-order valence-electron chi connectivity index (χ3n) is 6.20. The zero-order chi connectivity index (χ0) is 23.1. The Bertz CT molecular complexity index is 1210. The van der Waals surface area contributed by atoms with Gasteiger partial charge < -0.3 is 4.74 Å². The molecule has 5 rings (SSSR count). The van der Waals surface area contributed by atoms with E-state index in [-0.39, 0.29) is 0 Å². The zero-order valence-electron chi connectivity index (χ0n) is 19.1.